The van der Waals surface area contributed by atoms with Gasteiger partial charge in [0.25, 0.3) is 5.91 Å². The van der Waals surface area contributed by atoms with Gasteiger partial charge < -0.3 is 10.1 Å². The van der Waals surface area contributed by atoms with Gasteiger partial charge in [0.05, 0.1) is 12.7 Å². The van der Waals surface area contributed by atoms with Crippen LogP contribution in [0.1, 0.15) is 20.8 Å². The maximum Gasteiger partial charge on any atom is 0.337 e. The summed E-state index contributed by atoms with van der Waals surface area (Å²) in [5.41, 5.74) is 1.20. The number of rotatable bonds is 3. The van der Waals surface area contributed by atoms with E-state index in [0.29, 0.717) is 11.3 Å². The van der Waals surface area contributed by atoms with Crippen LogP contribution in [0.25, 0.3) is 0 Å². The number of hydrogen-bond donors (Lipinski definition) is 1. The van der Waals surface area contributed by atoms with Gasteiger partial charge in [0.1, 0.15) is 0 Å². The number of amides is 1. The zero-order valence-electron chi connectivity index (χ0n) is 10.2. The second-order valence-electron chi connectivity index (χ2n) is 3.63. The summed E-state index contributed by atoms with van der Waals surface area (Å²) in [5.74, 6) is -0.786. The highest BCUT2D eigenvalue weighted by atomic mass is 16.5. The Morgan fingerprint density at radius 3 is 2.47 bits per heavy atom. The molecule has 0 unspecified atom stereocenters. The molecular weight excluding hydrogens is 246 g/mol. The molecule has 19 heavy (non-hydrogen) atoms. The molecule has 2 aromatic rings. The van der Waals surface area contributed by atoms with Crippen LogP contribution in [0.3, 0.4) is 0 Å². The zero-order valence-corrected chi connectivity index (χ0v) is 10.2. The average molecular weight is 257 g/mol. The molecule has 0 radical (unpaired) electrons. The minimum atomic E-state index is -0.424. The van der Waals surface area contributed by atoms with Gasteiger partial charge in [-0.05, 0) is 36.4 Å². The van der Waals surface area contributed by atoms with Crippen molar-refractivity contribution in [2.45, 2.75) is 0 Å². The van der Waals surface area contributed by atoms with E-state index in [1.165, 1.54) is 13.3 Å². The molecule has 6 heteroatoms. The predicted octanol–water partition coefficient (Wildman–Crippen LogP) is 1.52. The summed E-state index contributed by atoms with van der Waals surface area (Å²) in [5, 5.41) is 9.97. The second-order valence-corrected chi connectivity index (χ2v) is 3.63. The minimum absolute atomic E-state index is 0.222. The molecule has 0 bridgehead atoms. The molecule has 6 nitrogen and oxygen atoms in total. The fourth-order valence-electron chi connectivity index (χ4n) is 1.43. The molecule has 0 aliphatic carbocycles. The van der Waals surface area contributed by atoms with E-state index in [1.54, 1.807) is 36.4 Å². The monoisotopic (exact) mass is 257 g/mol. The van der Waals surface area contributed by atoms with Crippen LogP contribution >= 0.6 is 0 Å². The van der Waals surface area contributed by atoms with E-state index in [2.05, 4.69) is 20.3 Å². The van der Waals surface area contributed by atoms with Gasteiger partial charge in [-0.2, -0.15) is 5.10 Å². The van der Waals surface area contributed by atoms with Crippen LogP contribution < -0.4 is 5.32 Å². The number of ether oxygens (including phenoxy) is 1. The Hall–Kier alpha value is -2.76. The molecule has 1 aromatic heterocycles. The third-order valence-corrected chi connectivity index (χ3v) is 2.37. The maximum atomic E-state index is 11.8. The van der Waals surface area contributed by atoms with Gasteiger partial charge in [-0.3, -0.25) is 4.79 Å². The lowest BCUT2D eigenvalue weighted by molar-refractivity contribution is 0.0600. The molecule has 0 aliphatic rings. The Morgan fingerprint density at radius 1 is 1.16 bits per heavy atom. The van der Waals surface area contributed by atoms with Gasteiger partial charge in [0, 0.05) is 11.9 Å². The van der Waals surface area contributed by atoms with E-state index in [-0.39, 0.29) is 11.6 Å². The lowest BCUT2D eigenvalue weighted by Crippen LogP contribution is -2.14. The predicted molar refractivity (Wildman–Crippen MR) is 67.8 cm³/mol. The number of nitrogens with one attached hydrogen (secondary N) is 1. The summed E-state index contributed by atoms with van der Waals surface area (Å²) in [6.07, 6.45) is 1.49. The highest BCUT2D eigenvalue weighted by molar-refractivity contribution is 6.02. The van der Waals surface area contributed by atoms with Crippen molar-refractivity contribution < 1.29 is 14.3 Å². The van der Waals surface area contributed by atoms with Crippen LogP contribution in [0.4, 0.5) is 5.69 Å². The number of carbonyl (C=O) groups excluding carboxylic acids is 2. The van der Waals surface area contributed by atoms with Gasteiger partial charge in [0.15, 0.2) is 5.69 Å². The molecular formula is C13H11N3O3. The van der Waals surface area contributed by atoms with E-state index < -0.39 is 5.97 Å². The quantitative estimate of drug-likeness (QED) is 0.843. The average Bonchev–Trinajstić information content (AvgIpc) is 2.48. The number of carbonyl (C=O) groups is 2. The number of anilines is 1. The van der Waals surface area contributed by atoms with Crippen molar-refractivity contribution in [1.29, 1.82) is 0 Å². The molecule has 1 amide bonds. The smallest absolute Gasteiger partial charge is 0.337 e. The van der Waals surface area contributed by atoms with Crippen LogP contribution in [0, 0.1) is 0 Å². The van der Waals surface area contributed by atoms with E-state index in [4.69, 9.17) is 0 Å². The number of hydrogen-bond acceptors (Lipinski definition) is 5. The van der Waals surface area contributed by atoms with Crippen LogP contribution in [-0.2, 0) is 4.74 Å². The number of nitrogens with zero attached hydrogens (tertiary/aromatic N) is 2. The normalized spacial score (nSPS) is 9.74. The van der Waals surface area contributed by atoms with E-state index in [0.717, 1.165) is 0 Å². The number of benzene rings is 1. The molecule has 1 heterocycles. The van der Waals surface area contributed by atoms with Crippen molar-refractivity contribution in [3.63, 3.8) is 0 Å². The van der Waals surface area contributed by atoms with Gasteiger partial charge in [-0.1, -0.05) is 0 Å². The summed E-state index contributed by atoms with van der Waals surface area (Å²) < 4.78 is 4.58. The molecule has 0 aliphatic heterocycles. The first-order valence-corrected chi connectivity index (χ1v) is 5.48. The Balaban J connectivity index is 2.08. The highest BCUT2D eigenvalue weighted by Crippen LogP contribution is 2.11. The fraction of sp³-hybridized carbons (Fsp3) is 0.0769. The largest absolute Gasteiger partial charge is 0.465 e. The molecule has 2 rings (SSSR count). The van der Waals surface area contributed by atoms with Crippen molar-refractivity contribution in [2.75, 3.05) is 12.4 Å². The van der Waals surface area contributed by atoms with E-state index in [1.807, 2.05) is 0 Å². The summed E-state index contributed by atoms with van der Waals surface area (Å²) in [6.45, 7) is 0. The fourth-order valence-corrected chi connectivity index (χ4v) is 1.43. The third-order valence-electron chi connectivity index (χ3n) is 2.37. The van der Waals surface area contributed by atoms with Crippen molar-refractivity contribution in [2.24, 2.45) is 0 Å². The van der Waals surface area contributed by atoms with Crippen molar-refractivity contribution in [3.8, 4) is 0 Å². The Bertz CT molecular complexity index is 582. The van der Waals surface area contributed by atoms with Gasteiger partial charge >= 0.3 is 5.97 Å². The van der Waals surface area contributed by atoms with Crippen LogP contribution in [-0.4, -0.2) is 29.2 Å². The van der Waals surface area contributed by atoms with Crippen molar-refractivity contribution >= 4 is 17.6 Å². The first kappa shape index (κ1) is 12.7. The van der Waals surface area contributed by atoms with Crippen molar-refractivity contribution in [1.82, 2.24) is 10.2 Å². The highest BCUT2D eigenvalue weighted by Gasteiger charge is 2.08. The zero-order chi connectivity index (χ0) is 13.7. The summed E-state index contributed by atoms with van der Waals surface area (Å²) in [7, 11) is 1.31. The SMILES string of the molecule is COC(=O)c1ccc(NC(=O)c2cccnn2)cc1. The second kappa shape index (κ2) is 5.72. The molecule has 0 fully saturated rings. The van der Waals surface area contributed by atoms with E-state index in [9.17, 15) is 9.59 Å². The Kier molecular flexibility index (Phi) is 3.82. The van der Waals surface area contributed by atoms with E-state index >= 15 is 0 Å². The molecule has 0 spiro atoms. The maximum absolute atomic E-state index is 11.8. The number of esters is 1. The summed E-state index contributed by atoms with van der Waals surface area (Å²) >= 11 is 0. The minimum Gasteiger partial charge on any atom is -0.465 e. The first-order valence-electron chi connectivity index (χ1n) is 5.48. The topological polar surface area (TPSA) is 81.2 Å². The number of methoxy groups -OCH3 is 1. The molecule has 96 valence electrons. The lowest BCUT2D eigenvalue weighted by Gasteiger charge is -2.05. The Labute approximate surface area is 109 Å². The van der Waals surface area contributed by atoms with Crippen LogP contribution in [0.15, 0.2) is 42.6 Å². The van der Waals surface area contributed by atoms with Gasteiger partial charge in [-0.15, -0.1) is 5.10 Å². The van der Waals surface area contributed by atoms with Crippen molar-refractivity contribution in [3.05, 3.63) is 53.9 Å². The Morgan fingerprint density at radius 2 is 1.89 bits per heavy atom. The lowest BCUT2D eigenvalue weighted by atomic mass is 10.2. The molecule has 1 N–H and O–H groups in total. The molecule has 0 saturated heterocycles. The van der Waals surface area contributed by atoms with Crippen LogP contribution in [0.5, 0.6) is 0 Å². The summed E-state index contributed by atoms with van der Waals surface area (Å²) in [6, 6.07) is 9.55. The van der Waals surface area contributed by atoms with Gasteiger partial charge in [0.2, 0.25) is 0 Å². The first-order chi connectivity index (χ1) is 9.20. The third kappa shape index (κ3) is 3.12. The van der Waals surface area contributed by atoms with Crippen LogP contribution in [0.2, 0.25) is 0 Å². The summed E-state index contributed by atoms with van der Waals surface area (Å²) in [4.78, 5) is 23.0. The number of aromatic nitrogens is 2. The van der Waals surface area contributed by atoms with Gasteiger partial charge in [-0.25, -0.2) is 4.79 Å². The molecule has 0 saturated carbocycles. The standard InChI is InChI=1S/C13H11N3O3/c1-19-13(18)9-4-6-10(7-5-9)15-12(17)11-3-2-8-14-16-11/h2-8H,1H3,(H,15,17). The molecule has 1 aromatic carbocycles. The molecule has 0 atom stereocenters.